The number of rotatable bonds is 7. The third-order valence-electron chi connectivity index (χ3n) is 12.3. The Morgan fingerprint density at radius 2 is 0.613 bits per heavy atom. The number of benzene rings is 9. The van der Waals surface area contributed by atoms with Crippen molar-refractivity contribution in [1.82, 2.24) is 14.1 Å². The van der Waals surface area contributed by atoms with Crippen molar-refractivity contribution in [2.45, 2.75) is 0 Å². The summed E-state index contributed by atoms with van der Waals surface area (Å²) in [5.41, 5.74) is 18.2. The van der Waals surface area contributed by atoms with Gasteiger partial charge >= 0.3 is 0 Å². The van der Waals surface area contributed by atoms with E-state index in [2.05, 4.69) is 234 Å². The van der Waals surface area contributed by atoms with E-state index in [0.717, 1.165) is 45.0 Å². The zero-order chi connectivity index (χ0) is 41.0. The molecule has 0 fully saturated rings. The first-order chi connectivity index (χ1) is 30.7. The Hall–Kier alpha value is -8.27. The summed E-state index contributed by atoms with van der Waals surface area (Å²) in [6.45, 7) is 0. The van der Waals surface area contributed by atoms with Gasteiger partial charge in [-0.1, -0.05) is 170 Å². The first kappa shape index (κ1) is 35.7. The van der Waals surface area contributed by atoms with E-state index in [4.69, 9.17) is 4.98 Å². The second kappa shape index (κ2) is 14.8. The molecule has 3 aromatic heterocycles. The number of hydrogen-bond donors (Lipinski definition) is 0. The van der Waals surface area contributed by atoms with Crippen molar-refractivity contribution < 1.29 is 0 Å². The van der Waals surface area contributed by atoms with E-state index in [1.807, 2.05) is 12.1 Å². The SMILES string of the molecule is c1ccc(-c2ccc(-n3c4ccccc4c4ccc(-c5ccc6c(c5)c5ccccc5n6-c5ccc(-c6cc(-c7ccccc7)nc(-c7ccccc7)c6)cc5)cc43)cc2)cc1. The van der Waals surface area contributed by atoms with Gasteiger partial charge in [-0.05, 0) is 100 Å². The molecule has 290 valence electrons. The highest BCUT2D eigenvalue weighted by molar-refractivity contribution is 6.12. The van der Waals surface area contributed by atoms with Gasteiger partial charge in [-0.15, -0.1) is 0 Å². The summed E-state index contributed by atoms with van der Waals surface area (Å²) in [7, 11) is 0. The van der Waals surface area contributed by atoms with Crippen molar-refractivity contribution in [1.29, 1.82) is 0 Å². The van der Waals surface area contributed by atoms with Crippen LogP contribution >= 0.6 is 0 Å². The molecular formula is C59H39N3. The van der Waals surface area contributed by atoms with Crippen LogP contribution in [0.4, 0.5) is 0 Å². The maximum Gasteiger partial charge on any atom is 0.0715 e. The average molecular weight is 790 g/mol. The molecule has 0 saturated heterocycles. The van der Waals surface area contributed by atoms with Gasteiger partial charge < -0.3 is 9.13 Å². The van der Waals surface area contributed by atoms with E-state index >= 15 is 0 Å². The minimum Gasteiger partial charge on any atom is -0.309 e. The molecule has 0 aliphatic heterocycles. The third-order valence-corrected chi connectivity index (χ3v) is 12.3. The van der Waals surface area contributed by atoms with Crippen LogP contribution in [0.25, 0.3) is 111 Å². The van der Waals surface area contributed by atoms with Crippen LogP contribution < -0.4 is 0 Å². The third kappa shape index (κ3) is 6.10. The Kier molecular flexibility index (Phi) is 8.50. The molecule has 9 aromatic carbocycles. The molecule has 0 saturated carbocycles. The lowest BCUT2D eigenvalue weighted by Crippen LogP contribution is -1.95. The van der Waals surface area contributed by atoms with Gasteiger partial charge in [0.2, 0.25) is 0 Å². The van der Waals surface area contributed by atoms with Crippen LogP contribution in [-0.2, 0) is 0 Å². The van der Waals surface area contributed by atoms with Gasteiger partial charge in [0, 0.05) is 44.0 Å². The molecule has 0 aliphatic rings. The number of hydrogen-bond acceptors (Lipinski definition) is 1. The molecule has 12 rings (SSSR count). The summed E-state index contributed by atoms with van der Waals surface area (Å²) >= 11 is 0. The van der Waals surface area contributed by atoms with E-state index in [1.165, 1.54) is 65.9 Å². The van der Waals surface area contributed by atoms with E-state index in [1.54, 1.807) is 0 Å². The van der Waals surface area contributed by atoms with Crippen molar-refractivity contribution in [3.63, 3.8) is 0 Å². The molecule has 0 amide bonds. The Labute approximate surface area is 360 Å². The molecule has 3 nitrogen and oxygen atoms in total. The summed E-state index contributed by atoms with van der Waals surface area (Å²) in [5, 5.41) is 4.96. The first-order valence-corrected chi connectivity index (χ1v) is 21.2. The zero-order valence-corrected chi connectivity index (χ0v) is 33.9. The van der Waals surface area contributed by atoms with Crippen molar-refractivity contribution in [3.8, 4) is 67.3 Å². The highest BCUT2D eigenvalue weighted by atomic mass is 15.0. The summed E-state index contributed by atoms with van der Waals surface area (Å²) in [4.78, 5) is 5.10. The maximum atomic E-state index is 5.10. The highest BCUT2D eigenvalue weighted by Gasteiger charge is 2.17. The van der Waals surface area contributed by atoms with Crippen molar-refractivity contribution in [2.75, 3.05) is 0 Å². The van der Waals surface area contributed by atoms with E-state index in [-0.39, 0.29) is 0 Å². The van der Waals surface area contributed by atoms with Gasteiger partial charge in [-0.3, -0.25) is 0 Å². The van der Waals surface area contributed by atoms with Crippen LogP contribution in [0, 0.1) is 0 Å². The predicted octanol–water partition coefficient (Wildman–Crippen LogP) is 15.6. The zero-order valence-electron chi connectivity index (χ0n) is 33.9. The highest BCUT2D eigenvalue weighted by Crippen LogP contribution is 2.39. The molecule has 0 radical (unpaired) electrons. The predicted molar refractivity (Wildman–Crippen MR) is 260 cm³/mol. The van der Waals surface area contributed by atoms with Crippen LogP contribution in [0.5, 0.6) is 0 Å². The van der Waals surface area contributed by atoms with Gasteiger partial charge in [-0.25, -0.2) is 4.98 Å². The van der Waals surface area contributed by atoms with Crippen LogP contribution in [0.3, 0.4) is 0 Å². The topological polar surface area (TPSA) is 22.8 Å². The van der Waals surface area contributed by atoms with Crippen molar-refractivity contribution in [3.05, 3.63) is 237 Å². The normalized spacial score (nSPS) is 11.5. The van der Waals surface area contributed by atoms with Crippen LogP contribution in [0.15, 0.2) is 237 Å². The summed E-state index contributed by atoms with van der Waals surface area (Å²) in [5.74, 6) is 0. The van der Waals surface area contributed by atoms with Crippen molar-refractivity contribution in [2.24, 2.45) is 0 Å². The number of fused-ring (bicyclic) bond motifs is 6. The van der Waals surface area contributed by atoms with Gasteiger partial charge in [0.15, 0.2) is 0 Å². The molecule has 3 heterocycles. The fourth-order valence-corrected chi connectivity index (χ4v) is 9.31. The molecule has 0 spiro atoms. The Balaban J connectivity index is 0.943. The molecule has 0 N–H and O–H groups in total. The second-order valence-corrected chi connectivity index (χ2v) is 16.0. The standard InChI is InChI=1S/C59H39N3/c1-4-14-40(15-5-1)41-24-30-49(31-25-41)62-56-22-12-10-20-50(56)52-34-28-46(39-59(52)62)45-29-35-58-53(36-45)51-21-11-13-23-57(51)61(58)48-32-26-42(27-33-48)47-37-54(43-16-6-2-7-17-43)60-55(38-47)44-18-8-3-9-19-44/h1-39H. The molecule has 0 atom stereocenters. The van der Waals surface area contributed by atoms with Crippen LogP contribution in [-0.4, -0.2) is 14.1 Å². The maximum absolute atomic E-state index is 5.10. The summed E-state index contributed by atoms with van der Waals surface area (Å²) in [6.07, 6.45) is 0. The lowest BCUT2D eigenvalue weighted by molar-refractivity contribution is 1.18. The molecule has 12 aromatic rings. The number of para-hydroxylation sites is 2. The molecule has 0 bridgehead atoms. The smallest absolute Gasteiger partial charge is 0.0715 e. The minimum absolute atomic E-state index is 0.961. The second-order valence-electron chi connectivity index (χ2n) is 16.0. The van der Waals surface area contributed by atoms with E-state index in [0.29, 0.717) is 0 Å². The summed E-state index contributed by atoms with van der Waals surface area (Å²) < 4.78 is 4.81. The van der Waals surface area contributed by atoms with E-state index < -0.39 is 0 Å². The van der Waals surface area contributed by atoms with Crippen LogP contribution in [0.1, 0.15) is 0 Å². The van der Waals surface area contributed by atoms with E-state index in [9.17, 15) is 0 Å². The molecule has 0 aliphatic carbocycles. The number of nitrogens with zero attached hydrogens (tertiary/aromatic N) is 3. The van der Waals surface area contributed by atoms with Gasteiger partial charge in [0.1, 0.15) is 0 Å². The van der Waals surface area contributed by atoms with Gasteiger partial charge in [-0.2, -0.15) is 0 Å². The molecule has 62 heavy (non-hydrogen) atoms. The quantitative estimate of drug-likeness (QED) is 0.158. The fourth-order valence-electron chi connectivity index (χ4n) is 9.31. The fraction of sp³-hybridized carbons (Fsp3) is 0. The number of aromatic nitrogens is 3. The van der Waals surface area contributed by atoms with Crippen LogP contribution in [0.2, 0.25) is 0 Å². The Morgan fingerprint density at radius 1 is 0.226 bits per heavy atom. The average Bonchev–Trinajstić information content (AvgIpc) is 3.87. The Morgan fingerprint density at radius 3 is 1.19 bits per heavy atom. The molecular weight excluding hydrogens is 751 g/mol. The lowest BCUT2D eigenvalue weighted by Gasteiger charge is -2.12. The van der Waals surface area contributed by atoms with Crippen molar-refractivity contribution >= 4 is 43.6 Å². The number of pyridine rings is 1. The summed E-state index contributed by atoms with van der Waals surface area (Å²) in [6, 6.07) is 85.2. The minimum atomic E-state index is 0.961. The lowest BCUT2D eigenvalue weighted by atomic mass is 9.99. The first-order valence-electron chi connectivity index (χ1n) is 21.2. The largest absolute Gasteiger partial charge is 0.309 e. The van der Waals surface area contributed by atoms with Gasteiger partial charge in [0.25, 0.3) is 0 Å². The Bertz CT molecular complexity index is 3520. The molecule has 0 unspecified atom stereocenters. The monoisotopic (exact) mass is 789 g/mol. The van der Waals surface area contributed by atoms with Gasteiger partial charge in [0.05, 0.1) is 33.5 Å². The molecule has 3 heteroatoms.